The van der Waals surface area contributed by atoms with Gasteiger partial charge in [-0.2, -0.15) is 0 Å². The van der Waals surface area contributed by atoms with Crippen LogP contribution in [-0.4, -0.2) is 0 Å². The van der Waals surface area contributed by atoms with E-state index in [0.29, 0.717) is 0 Å². The molecule has 0 bridgehead atoms. The van der Waals surface area contributed by atoms with E-state index in [-0.39, 0.29) is 0 Å². The first-order valence-electron chi connectivity index (χ1n) is 5.65. The Labute approximate surface area is 78.8 Å². The SMILES string of the molecule is CCC(CC)CC(C)C(C)CC. The monoisotopic (exact) mass is 170 g/mol. The van der Waals surface area contributed by atoms with Crippen LogP contribution in [0.25, 0.3) is 0 Å². The highest BCUT2D eigenvalue weighted by molar-refractivity contribution is 4.65. The van der Waals surface area contributed by atoms with Crippen LogP contribution in [0.5, 0.6) is 0 Å². The smallest absolute Gasteiger partial charge is 0.0414 e. The van der Waals surface area contributed by atoms with Gasteiger partial charge in [-0.1, -0.05) is 53.9 Å². The first kappa shape index (κ1) is 12.0. The summed E-state index contributed by atoms with van der Waals surface area (Å²) in [5.74, 6) is 2.79. The Hall–Kier alpha value is 0. The predicted molar refractivity (Wildman–Crippen MR) is 57.3 cm³/mol. The molecule has 2 atom stereocenters. The zero-order valence-electron chi connectivity index (χ0n) is 9.56. The minimum atomic E-state index is 0.908. The number of hydrogen-bond acceptors (Lipinski definition) is 0. The maximum absolute atomic E-state index is 2.41. The molecular formula is C12H26. The maximum Gasteiger partial charge on any atom is -0.0414 e. The van der Waals surface area contributed by atoms with Crippen molar-refractivity contribution in [3.63, 3.8) is 0 Å². The molecule has 0 rings (SSSR count). The molecule has 0 aliphatic heterocycles. The molecule has 2 unspecified atom stereocenters. The summed E-state index contributed by atoms with van der Waals surface area (Å²) in [6, 6.07) is 0. The topological polar surface area (TPSA) is 0 Å². The summed E-state index contributed by atoms with van der Waals surface area (Å²) in [6.07, 6.45) is 5.48. The fourth-order valence-electron chi connectivity index (χ4n) is 1.78. The van der Waals surface area contributed by atoms with Crippen molar-refractivity contribution >= 4 is 0 Å². The van der Waals surface area contributed by atoms with Gasteiger partial charge in [-0.25, -0.2) is 0 Å². The third-order valence-corrected chi connectivity index (χ3v) is 3.48. The third kappa shape index (κ3) is 4.13. The van der Waals surface area contributed by atoms with E-state index < -0.39 is 0 Å². The lowest BCUT2D eigenvalue weighted by Crippen LogP contribution is -2.11. The Morgan fingerprint density at radius 3 is 1.58 bits per heavy atom. The van der Waals surface area contributed by atoms with Crippen molar-refractivity contribution in [2.24, 2.45) is 17.8 Å². The van der Waals surface area contributed by atoms with Crippen molar-refractivity contribution in [2.45, 2.75) is 60.3 Å². The van der Waals surface area contributed by atoms with Gasteiger partial charge in [-0.15, -0.1) is 0 Å². The van der Waals surface area contributed by atoms with Crippen molar-refractivity contribution in [3.05, 3.63) is 0 Å². The molecule has 12 heavy (non-hydrogen) atoms. The van der Waals surface area contributed by atoms with Crippen LogP contribution in [0.2, 0.25) is 0 Å². The molecule has 74 valence electrons. The van der Waals surface area contributed by atoms with Gasteiger partial charge in [0.1, 0.15) is 0 Å². The molecule has 0 heteroatoms. The van der Waals surface area contributed by atoms with Gasteiger partial charge in [0.15, 0.2) is 0 Å². The van der Waals surface area contributed by atoms with Crippen molar-refractivity contribution in [3.8, 4) is 0 Å². The second kappa shape index (κ2) is 6.51. The normalized spacial score (nSPS) is 16.5. The van der Waals surface area contributed by atoms with Gasteiger partial charge in [0.2, 0.25) is 0 Å². The van der Waals surface area contributed by atoms with Crippen molar-refractivity contribution in [1.29, 1.82) is 0 Å². The van der Waals surface area contributed by atoms with E-state index in [1.165, 1.54) is 25.7 Å². The van der Waals surface area contributed by atoms with Crippen molar-refractivity contribution < 1.29 is 0 Å². The van der Waals surface area contributed by atoms with Crippen LogP contribution >= 0.6 is 0 Å². The zero-order chi connectivity index (χ0) is 9.56. The fraction of sp³-hybridized carbons (Fsp3) is 1.00. The first-order valence-corrected chi connectivity index (χ1v) is 5.65. The van der Waals surface area contributed by atoms with Gasteiger partial charge in [0.05, 0.1) is 0 Å². The second-order valence-corrected chi connectivity index (χ2v) is 4.28. The molecule has 0 saturated heterocycles. The quantitative estimate of drug-likeness (QED) is 0.551. The average molecular weight is 170 g/mol. The molecule has 0 radical (unpaired) electrons. The molecule has 0 aromatic heterocycles. The van der Waals surface area contributed by atoms with Gasteiger partial charge in [0.25, 0.3) is 0 Å². The minimum Gasteiger partial charge on any atom is -0.0651 e. The summed E-state index contributed by atoms with van der Waals surface area (Å²) in [7, 11) is 0. The predicted octanol–water partition coefficient (Wildman–Crippen LogP) is 4.49. The van der Waals surface area contributed by atoms with Crippen molar-refractivity contribution in [1.82, 2.24) is 0 Å². The molecule has 0 aromatic carbocycles. The lowest BCUT2D eigenvalue weighted by molar-refractivity contribution is 0.287. The molecule has 0 spiro atoms. The summed E-state index contributed by atoms with van der Waals surface area (Å²) < 4.78 is 0. The maximum atomic E-state index is 2.41. The molecule has 0 aliphatic carbocycles. The largest absolute Gasteiger partial charge is 0.0651 e. The minimum absolute atomic E-state index is 0.908. The molecule has 0 saturated carbocycles. The molecule has 0 fully saturated rings. The van der Waals surface area contributed by atoms with E-state index in [2.05, 4.69) is 34.6 Å². The van der Waals surface area contributed by atoms with Gasteiger partial charge >= 0.3 is 0 Å². The van der Waals surface area contributed by atoms with E-state index in [9.17, 15) is 0 Å². The van der Waals surface area contributed by atoms with Gasteiger partial charge in [-0.3, -0.25) is 0 Å². The molecule has 0 heterocycles. The second-order valence-electron chi connectivity index (χ2n) is 4.28. The average Bonchev–Trinajstić information content (AvgIpc) is 2.12. The summed E-state index contributed by atoms with van der Waals surface area (Å²) in [5.41, 5.74) is 0. The van der Waals surface area contributed by atoms with Crippen LogP contribution in [-0.2, 0) is 0 Å². The van der Waals surface area contributed by atoms with Crippen LogP contribution in [0.3, 0.4) is 0 Å². The fourth-order valence-corrected chi connectivity index (χ4v) is 1.78. The number of hydrogen-bond donors (Lipinski definition) is 0. The standard InChI is InChI=1S/C12H26/c1-6-10(4)11(5)9-12(7-2)8-3/h10-12H,6-9H2,1-5H3. The molecule has 0 N–H and O–H groups in total. The highest BCUT2D eigenvalue weighted by atomic mass is 14.2. The molecule has 0 aliphatic rings. The Morgan fingerprint density at radius 1 is 0.750 bits per heavy atom. The Morgan fingerprint density at radius 2 is 1.25 bits per heavy atom. The van der Waals surface area contributed by atoms with Gasteiger partial charge in [-0.05, 0) is 24.2 Å². The third-order valence-electron chi connectivity index (χ3n) is 3.48. The summed E-state index contributed by atoms with van der Waals surface area (Å²) in [5, 5.41) is 0. The van der Waals surface area contributed by atoms with Crippen LogP contribution < -0.4 is 0 Å². The Balaban J connectivity index is 3.72. The molecular weight excluding hydrogens is 144 g/mol. The van der Waals surface area contributed by atoms with E-state index in [0.717, 1.165) is 17.8 Å². The summed E-state index contributed by atoms with van der Waals surface area (Å²) >= 11 is 0. The Kier molecular flexibility index (Phi) is 6.51. The summed E-state index contributed by atoms with van der Waals surface area (Å²) in [6.45, 7) is 11.7. The van der Waals surface area contributed by atoms with Crippen LogP contribution in [0, 0.1) is 17.8 Å². The molecule has 0 amide bonds. The van der Waals surface area contributed by atoms with E-state index in [1.807, 2.05) is 0 Å². The zero-order valence-corrected chi connectivity index (χ0v) is 9.56. The van der Waals surface area contributed by atoms with Gasteiger partial charge in [0, 0.05) is 0 Å². The Bertz CT molecular complexity index is 92.2. The number of rotatable bonds is 6. The van der Waals surface area contributed by atoms with Crippen LogP contribution in [0.4, 0.5) is 0 Å². The highest BCUT2D eigenvalue weighted by Gasteiger charge is 2.14. The molecule has 0 nitrogen and oxygen atoms in total. The highest BCUT2D eigenvalue weighted by Crippen LogP contribution is 2.25. The van der Waals surface area contributed by atoms with E-state index in [4.69, 9.17) is 0 Å². The summed E-state index contributed by atoms with van der Waals surface area (Å²) in [4.78, 5) is 0. The van der Waals surface area contributed by atoms with E-state index in [1.54, 1.807) is 0 Å². The van der Waals surface area contributed by atoms with Gasteiger partial charge < -0.3 is 0 Å². The first-order chi connectivity index (χ1) is 5.65. The lowest BCUT2D eigenvalue weighted by Gasteiger charge is -2.22. The van der Waals surface area contributed by atoms with E-state index >= 15 is 0 Å². The molecule has 0 aromatic rings. The van der Waals surface area contributed by atoms with Crippen LogP contribution in [0.15, 0.2) is 0 Å². The van der Waals surface area contributed by atoms with Crippen molar-refractivity contribution in [2.75, 3.05) is 0 Å². The van der Waals surface area contributed by atoms with Crippen LogP contribution in [0.1, 0.15) is 60.3 Å². The lowest BCUT2D eigenvalue weighted by atomic mass is 9.83.